The first-order valence-electron chi connectivity index (χ1n) is 7.75. The molecule has 1 N–H and O–H groups in total. The monoisotopic (exact) mass is 340 g/mol. The summed E-state index contributed by atoms with van der Waals surface area (Å²) in [5.74, 6) is -0.288. The summed E-state index contributed by atoms with van der Waals surface area (Å²) in [5.41, 5.74) is 2.17. The van der Waals surface area contributed by atoms with Crippen LogP contribution < -0.4 is 9.62 Å². The Morgan fingerprint density at radius 2 is 1.78 bits per heavy atom. The van der Waals surface area contributed by atoms with Crippen LogP contribution in [0.15, 0.2) is 18.2 Å². The normalized spacial score (nSPS) is 13.5. The molecule has 1 aromatic rings. The Hall–Kier alpha value is -1.56. The van der Waals surface area contributed by atoms with E-state index < -0.39 is 21.6 Å². The maximum Gasteiger partial charge on any atom is 0.244 e. The summed E-state index contributed by atoms with van der Waals surface area (Å²) < 4.78 is 25.9. The van der Waals surface area contributed by atoms with E-state index >= 15 is 0 Å². The lowest BCUT2D eigenvalue weighted by Crippen LogP contribution is -2.53. The summed E-state index contributed by atoms with van der Waals surface area (Å²) in [6, 6.07) is 4.66. The average molecular weight is 340 g/mol. The molecule has 1 aromatic carbocycles. The molecule has 6 heteroatoms. The van der Waals surface area contributed by atoms with Crippen LogP contribution in [-0.2, 0) is 14.8 Å². The summed E-state index contributed by atoms with van der Waals surface area (Å²) in [6.45, 7) is 11.3. The number of carbonyl (C=O) groups excluding carboxylic acids is 1. The van der Waals surface area contributed by atoms with Crippen LogP contribution in [0.1, 0.15) is 45.2 Å². The summed E-state index contributed by atoms with van der Waals surface area (Å²) >= 11 is 0. The highest BCUT2D eigenvalue weighted by Crippen LogP contribution is 2.25. The van der Waals surface area contributed by atoms with Crippen molar-refractivity contribution in [2.45, 2.75) is 59.5 Å². The highest BCUT2D eigenvalue weighted by atomic mass is 32.2. The molecule has 23 heavy (non-hydrogen) atoms. The zero-order valence-corrected chi connectivity index (χ0v) is 15.9. The molecule has 0 saturated carbocycles. The number of nitrogens with zero attached hydrogens (tertiary/aromatic N) is 1. The first-order valence-corrected chi connectivity index (χ1v) is 9.60. The molecule has 0 aliphatic heterocycles. The van der Waals surface area contributed by atoms with Gasteiger partial charge in [-0.3, -0.25) is 9.10 Å². The Kier molecular flexibility index (Phi) is 5.85. The largest absolute Gasteiger partial charge is 0.350 e. The molecule has 1 atom stereocenters. The molecule has 0 aliphatic rings. The van der Waals surface area contributed by atoms with Crippen LogP contribution in [-0.4, -0.2) is 32.2 Å². The first-order chi connectivity index (χ1) is 10.4. The van der Waals surface area contributed by atoms with Crippen molar-refractivity contribution in [2.24, 2.45) is 0 Å². The minimum absolute atomic E-state index is 0.288. The molecular formula is C17H28N2O3S. The van der Waals surface area contributed by atoms with Crippen molar-refractivity contribution in [2.75, 3.05) is 10.6 Å². The second-order valence-electron chi connectivity index (χ2n) is 6.99. The summed E-state index contributed by atoms with van der Waals surface area (Å²) in [5, 5.41) is 2.87. The van der Waals surface area contributed by atoms with Crippen LogP contribution in [0, 0.1) is 13.8 Å². The quantitative estimate of drug-likeness (QED) is 0.896. The standard InChI is InChI=1S/C17H28N2O3S/c1-8-15(16(20)18-17(4,5)6)19(23(7,21)22)14-10-9-12(2)13(3)11-14/h9-11,15H,8H2,1-7H3,(H,18,20)/t15-/m1/s1. The third-order valence-electron chi connectivity index (χ3n) is 3.57. The zero-order chi connectivity index (χ0) is 18.0. The van der Waals surface area contributed by atoms with E-state index in [9.17, 15) is 13.2 Å². The van der Waals surface area contributed by atoms with Gasteiger partial charge in [0.25, 0.3) is 0 Å². The van der Waals surface area contributed by atoms with E-state index in [2.05, 4.69) is 5.32 Å². The molecule has 5 nitrogen and oxygen atoms in total. The predicted molar refractivity (Wildman–Crippen MR) is 95.2 cm³/mol. The summed E-state index contributed by atoms with van der Waals surface area (Å²) in [6.07, 6.45) is 1.52. The molecule has 0 heterocycles. The topological polar surface area (TPSA) is 66.5 Å². The van der Waals surface area contributed by atoms with Crippen molar-refractivity contribution in [1.82, 2.24) is 5.32 Å². The van der Waals surface area contributed by atoms with E-state index in [1.54, 1.807) is 6.07 Å². The van der Waals surface area contributed by atoms with E-state index in [0.717, 1.165) is 17.4 Å². The number of carbonyl (C=O) groups is 1. The predicted octanol–water partition coefficient (Wildman–Crippen LogP) is 2.76. The van der Waals surface area contributed by atoms with Crippen LogP contribution >= 0.6 is 0 Å². The second kappa shape index (κ2) is 6.91. The number of aryl methyl sites for hydroxylation is 2. The number of hydrogen-bond acceptors (Lipinski definition) is 3. The van der Waals surface area contributed by atoms with Crippen molar-refractivity contribution in [3.63, 3.8) is 0 Å². The van der Waals surface area contributed by atoms with Crippen molar-refractivity contribution >= 4 is 21.6 Å². The van der Waals surface area contributed by atoms with Gasteiger partial charge in [0.15, 0.2) is 0 Å². The van der Waals surface area contributed by atoms with E-state index in [4.69, 9.17) is 0 Å². The molecule has 0 spiro atoms. The maximum absolute atomic E-state index is 12.6. The zero-order valence-electron chi connectivity index (χ0n) is 15.1. The molecule has 1 rings (SSSR count). The van der Waals surface area contributed by atoms with Gasteiger partial charge in [0.05, 0.1) is 11.9 Å². The van der Waals surface area contributed by atoms with Gasteiger partial charge in [0.1, 0.15) is 6.04 Å². The number of sulfonamides is 1. The molecule has 0 aliphatic carbocycles. The fourth-order valence-electron chi connectivity index (χ4n) is 2.38. The lowest BCUT2D eigenvalue weighted by molar-refractivity contribution is -0.123. The van der Waals surface area contributed by atoms with Crippen molar-refractivity contribution < 1.29 is 13.2 Å². The number of anilines is 1. The van der Waals surface area contributed by atoms with E-state index in [1.807, 2.05) is 53.7 Å². The molecule has 0 radical (unpaired) electrons. The van der Waals surface area contributed by atoms with Gasteiger partial charge in [0.2, 0.25) is 15.9 Å². The Labute approximate surface area is 140 Å². The Morgan fingerprint density at radius 3 is 2.17 bits per heavy atom. The maximum atomic E-state index is 12.6. The lowest BCUT2D eigenvalue weighted by Gasteiger charge is -2.33. The lowest BCUT2D eigenvalue weighted by atomic mass is 10.1. The number of rotatable bonds is 5. The van der Waals surface area contributed by atoms with Crippen molar-refractivity contribution in [3.8, 4) is 0 Å². The van der Waals surface area contributed by atoms with Crippen LogP contribution in [0.3, 0.4) is 0 Å². The van der Waals surface area contributed by atoms with E-state index in [1.165, 1.54) is 4.31 Å². The van der Waals surface area contributed by atoms with E-state index in [0.29, 0.717) is 12.1 Å². The van der Waals surface area contributed by atoms with Crippen LogP contribution in [0.4, 0.5) is 5.69 Å². The summed E-state index contributed by atoms with van der Waals surface area (Å²) in [4.78, 5) is 12.6. The third-order valence-corrected chi connectivity index (χ3v) is 4.75. The molecule has 0 bridgehead atoms. The van der Waals surface area contributed by atoms with Gasteiger partial charge in [-0.2, -0.15) is 0 Å². The second-order valence-corrected chi connectivity index (χ2v) is 8.85. The highest BCUT2D eigenvalue weighted by molar-refractivity contribution is 7.92. The number of amides is 1. The van der Waals surface area contributed by atoms with Gasteiger partial charge in [-0.25, -0.2) is 8.42 Å². The SMILES string of the molecule is CC[C@H](C(=O)NC(C)(C)C)N(c1ccc(C)c(C)c1)S(C)(=O)=O. The van der Waals surface area contributed by atoms with Gasteiger partial charge < -0.3 is 5.32 Å². The molecular weight excluding hydrogens is 312 g/mol. The average Bonchev–Trinajstić information content (AvgIpc) is 2.35. The van der Waals surface area contributed by atoms with Crippen molar-refractivity contribution in [3.05, 3.63) is 29.3 Å². The van der Waals surface area contributed by atoms with Gasteiger partial charge in [-0.05, 0) is 64.3 Å². The molecule has 0 fully saturated rings. The molecule has 1 amide bonds. The minimum Gasteiger partial charge on any atom is -0.350 e. The Bertz CT molecular complexity index is 676. The molecule has 130 valence electrons. The third kappa shape index (κ3) is 5.23. The minimum atomic E-state index is -3.59. The first kappa shape index (κ1) is 19.5. The van der Waals surface area contributed by atoms with Crippen LogP contribution in [0.5, 0.6) is 0 Å². The molecule has 0 unspecified atom stereocenters. The molecule has 0 saturated heterocycles. The van der Waals surface area contributed by atoms with Gasteiger partial charge in [-0.15, -0.1) is 0 Å². The number of benzene rings is 1. The summed E-state index contributed by atoms with van der Waals surface area (Å²) in [7, 11) is -3.59. The van der Waals surface area contributed by atoms with Gasteiger partial charge >= 0.3 is 0 Å². The fourth-order valence-corrected chi connectivity index (χ4v) is 3.58. The molecule has 0 aromatic heterocycles. The van der Waals surface area contributed by atoms with Gasteiger partial charge in [0, 0.05) is 5.54 Å². The van der Waals surface area contributed by atoms with E-state index in [-0.39, 0.29) is 5.91 Å². The Morgan fingerprint density at radius 1 is 1.22 bits per heavy atom. The Balaban J connectivity index is 3.34. The van der Waals surface area contributed by atoms with Crippen LogP contribution in [0.25, 0.3) is 0 Å². The number of nitrogens with one attached hydrogen (secondary N) is 1. The highest BCUT2D eigenvalue weighted by Gasteiger charge is 2.33. The smallest absolute Gasteiger partial charge is 0.244 e. The van der Waals surface area contributed by atoms with Crippen molar-refractivity contribution in [1.29, 1.82) is 0 Å². The van der Waals surface area contributed by atoms with Gasteiger partial charge in [-0.1, -0.05) is 13.0 Å². The fraction of sp³-hybridized carbons (Fsp3) is 0.588. The van der Waals surface area contributed by atoms with Crippen LogP contribution in [0.2, 0.25) is 0 Å². The number of hydrogen-bond donors (Lipinski definition) is 1.